The number of aryl methyl sites for hydroxylation is 1. The number of carbonyl (C=O) groups is 1. The standard InChI is InChI=1S/C17H25NO2S/c1-13-6-4-5-7-14(13)18(10-8-16(19)20)15-12-21-11-9-17(15,2)3/h4-7,15H,8-12H2,1-3H3,(H,19,20). The molecule has 1 aliphatic heterocycles. The average Bonchev–Trinajstić information content (AvgIpc) is 2.41. The van der Waals surface area contributed by atoms with Crippen molar-refractivity contribution in [3.8, 4) is 0 Å². The van der Waals surface area contributed by atoms with Crippen LogP contribution in [0.1, 0.15) is 32.3 Å². The van der Waals surface area contributed by atoms with Gasteiger partial charge in [-0.25, -0.2) is 0 Å². The summed E-state index contributed by atoms with van der Waals surface area (Å²) in [6.07, 6.45) is 1.36. The van der Waals surface area contributed by atoms with E-state index in [-0.39, 0.29) is 11.8 Å². The Bertz CT molecular complexity index is 501. The summed E-state index contributed by atoms with van der Waals surface area (Å²) in [6.45, 7) is 7.30. The minimum Gasteiger partial charge on any atom is -0.481 e. The lowest BCUT2D eigenvalue weighted by Gasteiger charge is -2.46. The van der Waals surface area contributed by atoms with Gasteiger partial charge in [-0.3, -0.25) is 4.79 Å². The molecule has 0 aliphatic carbocycles. The van der Waals surface area contributed by atoms with E-state index >= 15 is 0 Å². The Balaban J connectivity index is 2.31. The number of hydrogen-bond donors (Lipinski definition) is 1. The van der Waals surface area contributed by atoms with Crippen LogP contribution in [0, 0.1) is 12.3 Å². The fourth-order valence-corrected chi connectivity index (χ4v) is 4.67. The fourth-order valence-electron chi connectivity index (χ4n) is 2.98. The van der Waals surface area contributed by atoms with Gasteiger partial charge in [-0.1, -0.05) is 32.0 Å². The van der Waals surface area contributed by atoms with Crippen LogP contribution in [0.3, 0.4) is 0 Å². The van der Waals surface area contributed by atoms with Gasteiger partial charge >= 0.3 is 5.97 Å². The SMILES string of the molecule is Cc1ccccc1N(CCC(=O)O)C1CSCCC1(C)C. The van der Waals surface area contributed by atoms with E-state index in [0.29, 0.717) is 12.6 Å². The average molecular weight is 307 g/mol. The second kappa shape index (κ2) is 6.73. The van der Waals surface area contributed by atoms with Crippen molar-refractivity contribution in [3.63, 3.8) is 0 Å². The summed E-state index contributed by atoms with van der Waals surface area (Å²) in [7, 11) is 0. The summed E-state index contributed by atoms with van der Waals surface area (Å²) in [6, 6.07) is 8.68. The molecule has 0 aromatic heterocycles. The van der Waals surface area contributed by atoms with Crippen molar-refractivity contribution in [3.05, 3.63) is 29.8 Å². The summed E-state index contributed by atoms with van der Waals surface area (Å²) in [5.74, 6) is 1.54. The topological polar surface area (TPSA) is 40.5 Å². The van der Waals surface area contributed by atoms with Gasteiger partial charge in [0.15, 0.2) is 0 Å². The largest absolute Gasteiger partial charge is 0.481 e. The van der Waals surface area contributed by atoms with E-state index in [9.17, 15) is 4.79 Å². The maximum absolute atomic E-state index is 11.0. The molecule has 0 bridgehead atoms. The van der Waals surface area contributed by atoms with Gasteiger partial charge in [0.25, 0.3) is 0 Å². The van der Waals surface area contributed by atoms with E-state index < -0.39 is 5.97 Å². The van der Waals surface area contributed by atoms with Crippen molar-refractivity contribution in [1.82, 2.24) is 0 Å². The molecule has 0 radical (unpaired) electrons. The number of benzene rings is 1. The number of hydrogen-bond acceptors (Lipinski definition) is 3. The molecule has 1 aliphatic rings. The van der Waals surface area contributed by atoms with Gasteiger partial charge in [0, 0.05) is 24.0 Å². The monoisotopic (exact) mass is 307 g/mol. The van der Waals surface area contributed by atoms with Gasteiger partial charge in [0.1, 0.15) is 0 Å². The third-order valence-corrected chi connectivity index (χ3v) is 5.48. The first kappa shape index (κ1) is 16.2. The number of nitrogens with zero attached hydrogens (tertiary/aromatic N) is 1. The number of rotatable bonds is 5. The highest BCUT2D eigenvalue weighted by Crippen LogP contribution is 2.39. The van der Waals surface area contributed by atoms with E-state index in [1.165, 1.54) is 23.4 Å². The highest BCUT2D eigenvalue weighted by molar-refractivity contribution is 7.99. The molecule has 1 aromatic carbocycles. The van der Waals surface area contributed by atoms with Crippen LogP contribution in [0.4, 0.5) is 5.69 Å². The summed E-state index contributed by atoms with van der Waals surface area (Å²) >= 11 is 1.98. The van der Waals surface area contributed by atoms with Crippen molar-refractivity contribution in [2.75, 3.05) is 23.0 Å². The molecule has 1 N–H and O–H groups in total. The molecule has 0 amide bonds. The zero-order valence-electron chi connectivity index (χ0n) is 13.1. The lowest BCUT2D eigenvalue weighted by molar-refractivity contribution is -0.136. The summed E-state index contributed by atoms with van der Waals surface area (Å²) < 4.78 is 0. The Morgan fingerprint density at radius 3 is 2.76 bits per heavy atom. The Kier molecular flexibility index (Phi) is 5.20. The van der Waals surface area contributed by atoms with Crippen LogP contribution in [0.2, 0.25) is 0 Å². The third kappa shape index (κ3) is 3.94. The van der Waals surface area contributed by atoms with E-state index in [1.54, 1.807) is 0 Å². The van der Waals surface area contributed by atoms with Crippen LogP contribution in [0.5, 0.6) is 0 Å². The lowest BCUT2D eigenvalue weighted by atomic mass is 9.81. The summed E-state index contributed by atoms with van der Waals surface area (Å²) in [5.41, 5.74) is 2.61. The van der Waals surface area contributed by atoms with Crippen molar-refractivity contribution < 1.29 is 9.90 Å². The first-order chi connectivity index (χ1) is 9.92. The fraction of sp³-hybridized carbons (Fsp3) is 0.588. The quantitative estimate of drug-likeness (QED) is 0.898. The van der Waals surface area contributed by atoms with Gasteiger partial charge in [-0.2, -0.15) is 11.8 Å². The van der Waals surface area contributed by atoms with Gasteiger partial charge in [-0.15, -0.1) is 0 Å². The normalized spacial score (nSPS) is 21.0. The van der Waals surface area contributed by atoms with E-state index in [2.05, 4.69) is 37.8 Å². The second-order valence-corrected chi connectivity index (χ2v) is 7.60. The Hall–Kier alpha value is -1.16. The van der Waals surface area contributed by atoms with Crippen LogP contribution in [-0.2, 0) is 4.79 Å². The number of carboxylic acids is 1. The molecular weight excluding hydrogens is 282 g/mol. The molecule has 3 nitrogen and oxygen atoms in total. The molecule has 1 atom stereocenters. The molecule has 1 aromatic rings. The molecule has 1 saturated heterocycles. The molecule has 116 valence electrons. The zero-order chi connectivity index (χ0) is 15.5. The maximum Gasteiger partial charge on any atom is 0.305 e. The summed E-state index contributed by atoms with van der Waals surface area (Å²) in [5, 5.41) is 9.08. The van der Waals surface area contributed by atoms with Gasteiger partial charge in [0.05, 0.1) is 6.42 Å². The van der Waals surface area contributed by atoms with Crippen molar-refractivity contribution in [2.45, 2.75) is 39.7 Å². The Morgan fingerprint density at radius 2 is 2.14 bits per heavy atom. The van der Waals surface area contributed by atoms with Crippen molar-refractivity contribution in [1.29, 1.82) is 0 Å². The van der Waals surface area contributed by atoms with E-state index in [0.717, 1.165) is 5.75 Å². The Morgan fingerprint density at radius 1 is 1.43 bits per heavy atom. The smallest absolute Gasteiger partial charge is 0.305 e. The molecule has 4 heteroatoms. The maximum atomic E-state index is 11.0. The first-order valence-electron chi connectivity index (χ1n) is 7.53. The van der Waals surface area contributed by atoms with Crippen LogP contribution >= 0.6 is 11.8 Å². The predicted octanol–water partition coefficient (Wildman–Crippen LogP) is 3.81. The van der Waals surface area contributed by atoms with Crippen LogP contribution in [0.25, 0.3) is 0 Å². The van der Waals surface area contributed by atoms with Crippen molar-refractivity contribution >= 4 is 23.4 Å². The third-order valence-electron chi connectivity index (χ3n) is 4.44. The molecule has 0 spiro atoms. The van der Waals surface area contributed by atoms with Crippen LogP contribution in [0.15, 0.2) is 24.3 Å². The minimum absolute atomic E-state index is 0.186. The predicted molar refractivity (Wildman–Crippen MR) is 90.3 cm³/mol. The van der Waals surface area contributed by atoms with Gasteiger partial charge in [0.2, 0.25) is 0 Å². The first-order valence-corrected chi connectivity index (χ1v) is 8.69. The van der Waals surface area contributed by atoms with Crippen LogP contribution < -0.4 is 4.90 Å². The van der Waals surface area contributed by atoms with Gasteiger partial charge < -0.3 is 10.0 Å². The molecular formula is C17H25NO2S. The zero-order valence-corrected chi connectivity index (χ0v) is 13.9. The number of aliphatic carboxylic acids is 1. The highest BCUT2D eigenvalue weighted by Gasteiger charge is 2.37. The van der Waals surface area contributed by atoms with E-state index in [1.807, 2.05) is 23.9 Å². The number of para-hydroxylation sites is 1. The Labute approximate surface area is 131 Å². The molecule has 1 heterocycles. The molecule has 1 fully saturated rings. The van der Waals surface area contributed by atoms with Crippen LogP contribution in [-0.4, -0.2) is 35.2 Å². The second-order valence-electron chi connectivity index (χ2n) is 6.45. The highest BCUT2D eigenvalue weighted by atomic mass is 32.2. The van der Waals surface area contributed by atoms with E-state index in [4.69, 9.17) is 5.11 Å². The number of anilines is 1. The summed E-state index contributed by atoms with van der Waals surface area (Å²) in [4.78, 5) is 13.4. The molecule has 2 rings (SSSR count). The van der Waals surface area contributed by atoms with Crippen molar-refractivity contribution in [2.24, 2.45) is 5.41 Å². The lowest BCUT2D eigenvalue weighted by Crippen LogP contribution is -2.50. The minimum atomic E-state index is -0.727. The number of thioether (sulfide) groups is 1. The molecule has 21 heavy (non-hydrogen) atoms. The van der Waals surface area contributed by atoms with Gasteiger partial charge in [-0.05, 0) is 36.1 Å². The molecule has 1 unspecified atom stereocenters. The number of carboxylic acid groups (broad SMARTS) is 1. The molecule has 0 saturated carbocycles.